The molecule has 0 spiro atoms. The normalized spacial score (nSPS) is 12.5. The van der Waals surface area contributed by atoms with E-state index < -0.39 is 36.0 Å². The van der Waals surface area contributed by atoms with E-state index in [1.54, 1.807) is 26.0 Å². The van der Waals surface area contributed by atoms with Gasteiger partial charge in [-0.1, -0.05) is 56.3 Å². The van der Waals surface area contributed by atoms with Gasteiger partial charge in [0.1, 0.15) is 18.7 Å². The first-order valence-corrected chi connectivity index (χ1v) is 10.00. The number of carbonyl (C=O) groups is 4. The van der Waals surface area contributed by atoms with Crippen LogP contribution in [-0.4, -0.2) is 46.2 Å². The van der Waals surface area contributed by atoms with Crippen molar-refractivity contribution in [2.75, 3.05) is 0 Å². The number of nitrogens with one attached hydrogen (secondary N) is 2. The Kier molecular flexibility index (Phi) is 8.76. The first-order chi connectivity index (χ1) is 15.2. The number of aromatic carboxylic acids is 1. The van der Waals surface area contributed by atoms with Crippen LogP contribution in [0.4, 0.5) is 4.79 Å². The van der Waals surface area contributed by atoms with Crippen molar-refractivity contribution < 1.29 is 34.1 Å². The van der Waals surface area contributed by atoms with Crippen LogP contribution in [0.5, 0.6) is 0 Å². The topological polar surface area (TPSA) is 142 Å². The molecule has 0 aromatic heterocycles. The lowest BCUT2D eigenvalue weighted by Gasteiger charge is -2.24. The van der Waals surface area contributed by atoms with Crippen LogP contribution in [0.3, 0.4) is 0 Å². The second-order valence-corrected chi connectivity index (χ2v) is 7.53. The highest BCUT2D eigenvalue weighted by atomic mass is 16.5. The lowest BCUT2D eigenvalue weighted by atomic mass is 10.0. The van der Waals surface area contributed by atoms with E-state index in [4.69, 9.17) is 9.84 Å². The Bertz CT molecular complexity index is 943. The second kappa shape index (κ2) is 11.5. The Hall–Kier alpha value is -3.88. The highest BCUT2D eigenvalue weighted by molar-refractivity contribution is 5.90. The second-order valence-electron chi connectivity index (χ2n) is 7.53. The van der Waals surface area contributed by atoms with Crippen molar-refractivity contribution in [1.82, 2.24) is 10.6 Å². The summed E-state index contributed by atoms with van der Waals surface area (Å²) in [7, 11) is 0. The number of ether oxygens (including phenoxy) is 1. The number of amides is 2. The van der Waals surface area contributed by atoms with Gasteiger partial charge in [0.15, 0.2) is 0 Å². The van der Waals surface area contributed by atoms with E-state index in [9.17, 15) is 24.3 Å². The number of benzene rings is 2. The van der Waals surface area contributed by atoms with Gasteiger partial charge in [-0.2, -0.15) is 0 Å². The molecule has 0 fully saturated rings. The number of carboxylic acids is 2. The summed E-state index contributed by atoms with van der Waals surface area (Å²) in [4.78, 5) is 47.5. The first kappa shape index (κ1) is 24.4. The van der Waals surface area contributed by atoms with E-state index in [2.05, 4.69) is 10.6 Å². The molecule has 0 saturated carbocycles. The number of rotatable bonds is 10. The van der Waals surface area contributed by atoms with Crippen LogP contribution < -0.4 is 10.6 Å². The number of alkyl carbamates (subject to hydrolysis) is 1. The molecule has 0 radical (unpaired) electrons. The molecule has 0 unspecified atom stereocenters. The Morgan fingerprint density at radius 1 is 0.875 bits per heavy atom. The molecule has 0 aliphatic rings. The Balaban J connectivity index is 1.99. The van der Waals surface area contributed by atoms with Crippen LogP contribution >= 0.6 is 0 Å². The van der Waals surface area contributed by atoms with E-state index in [0.29, 0.717) is 5.56 Å². The van der Waals surface area contributed by atoms with E-state index in [0.717, 1.165) is 5.56 Å². The Morgan fingerprint density at radius 2 is 1.50 bits per heavy atom. The molecule has 32 heavy (non-hydrogen) atoms. The SMILES string of the molecule is CC(C)[C@H](NC(=O)OCc1ccccc1)C(=O)N[C@@H](Cc1ccc(C(=O)O)cc1)C(=O)O. The fraction of sp³-hybridized carbons (Fsp3) is 0.304. The lowest BCUT2D eigenvalue weighted by molar-refractivity contribution is -0.142. The molecule has 2 aromatic carbocycles. The van der Waals surface area contributed by atoms with Crippen LogP contribution in [0.25, 0.3) is 0 Å². The summed E-state index contributed by atoms with van der Waals surface area (Å²) in [5.74, 6) is -3.34. The zero-order valence-corrected chi connectivity index (χ0v) is 17.8. The van der Waals surface area contributed by atoms with Crippen molar-refractivity contribution in [2.45, 2.75) is 39.0 Å². The molecule has 0 bridgehead atoms. The van der Waals surface area contributed by atoms with Crippen LogP contribution in [0.2, 0.25) is 0 Å². The third kappa shape index (κ3) is 7.42. The molecule has 0 heterocycles. The smallest absolute Gasteiger partial charge is 0.408 e. The fourth-order valence-corrected chi connectivity index (χ4v) is 2.91. The predicted molar refractivity (Wildman–Crippen MR) is 115 cm³/mol. The Labute approximate surface area is 185 Å². The van der Waals surface area contributed by atoms with Gasteiger partial charge >= 0.3 is 18.0 Å². The molecule has 4 N–H and O–H groups in total. The van der Waals surface area contributed by atoms with Gasteiger partial charge in [0, 0.05) is 6.42 Å². The zero-order valence-electron chi connectivity index (χ0n) is 17.8. The molecule has 2 amide bonds. The molecule has 9 heteroatoms. The highest BCUT2D eigenvalue weighted by Gasteiger charge is 2.29. The number of carboxylic acid groups (broad SMARTS) is 2. The minimum atomic E-state index is -1.26. The van der Waals surface area contributed by atoms with Gasteiger partial charge in [-0.15, -0.1) is 0 Å². The van der Waals surface area contributed by atoms with Crippen LogP contribution in [0.15, 0.2) is 54.6 Å². The van der Waals surface area contributed by atoms with E-state index in [-0.39, 0.29) is 24.5 Å². The summed E-state index contributed by atoms with van der Waals surface area (Å²) in [6.45, 7) is 3.45. The first-order valence-electron chi connectivity index (χ1n) is 10.00. The van der Waals surface area contributed by atoms with Gasteiger partial charge in [-0.3, -0.25) is 4.79 Å². The van der Waals surface area contributed by atoms with Crippen molar-refractivity contribution in [3.63, 3.8) is 0 Å². The van der Waals surface area contributed by atoms with Crippen LogP contribution in [0.1, 0.15) is 35.3 Å². The van der Waals surface area contributed by atoms with Crippen molar-refractivity contribution in [1.29, 1.82) is 0 Å². The van der Waals surface area contributed by atoms with Crippen LogP contribution in [-0.2, 0) is 27.4 Å². The van der Waals surface area contributed by atoms with Gasteiger partial charge < -0.3 is 25.6 Å². The zero-order chi connectivity index (χ0) is 23.7. The third-order valence-corrected chi connectivity index (χ3v) is 4.69. The Morgan fingerprint density at radius 3 is 2.03 bits per heavy atom. The van der Waals surface area contributed by atoms with Crippen molar-refractivity contribution in [3.05, 3.63) is 71.3 Å². The summed E-state index contributed by atoms with van der Waals surface area (Å²) < 4.78 is 5.14. The molecule has 2 rings (SSSR count). The fourth-order valence-electron chi connectivity index (χ4n) is 2.91. The van der Waals surface area contributed by atoms with Crippen molar-refractivity contribution in [2.24, 2.45) is 5.92 Å². The maximum absolute atomic E-state index is 12.7. The number of carbonyl (C=O) groups excluding carboxylic acids is 2. The molecular formula is C23H26N2O7. The number of hydrogen-bond donors (Lipinski definition) is 4. The summed E-state index contributed by atoms with van der Waals surface area (Å²) in [5.41, 5.74) is 1.40. The lowest BCUT2D eigenvalue weighted by Crippen LogP contribution is -2.54. The number of hydrogen-bond acceptors (Lipinski definition) is 5. The van der Waals surface area contributed by atoms with Gasteiger partial charge in [-0.05, 0) is 29.2 Å². The monoisotopic (exact) mass is 442 g/mol. The summed E-state index contributed by atoms with van der Waals surface area (Å²) in [6, 6.07) is 12.5. The standard InChI is InChI=1S/C23H26N2O7/c1-14(2)19(25-23(31)32-13-16-6-4-3-5-7-16)20(26)24-18(22(29)30)12-15-8-10-17(11-9-15)21(27)28/h3-11,14,18-19H,12-13H2,1-2H3,(H,24,26)(H,25,31)(H,27,28)(H,29,30)/t18-,19-/m0/s1. The molecule has 0 aliphatic heterocycles. The van der Waals surface area contributed by atoms with Crippen LogP contribution in [0, 0.1) is 5.92 Å². The summed E-state index contributed by atoms with van der Waals surface area (Å²) >= 11 is 0. The van der Waals surface area contributed by atoms with Crippen molar-refractivity contribution >= 4 is 23.9 Å². The number of aliphatic carboxylic acids is 1. The average Bonchev–Trinajstić information content (AvgIpc) is 2.76. The highest BCUT2D eigenvalue weighted by Crippen LogP contribution is 2.10. The molecule has 0 saturated heterocycles. The van der Waals surface area contributed by atoms with Gasteiger partial charge in [-0.25, -0.2) is 14.4 Å². The predicted octanol–water partition coefficient (Wildman–Crippen LogP) is 2.45. The molecule has 2 atom stereocenters. The average molecular weight is 442 g/mol. The minimum Gasteiger partial charge on any atom is -0.480 e. The molecule has 9 nitrogen and oxygen atoms in total. The maximum atomic E-state index is 12.7. The minimum absolute atomic E-state index is 0.0309. The third-order valence-electron chi connectivity index (χ3n) is 4.69. The van der Waals surface area contributed by atoms with E-state index in [1.807, 2.05) is 18.2 Å². The molecule has 170 valence electrons. The summed E-state index contributed by atoms with van der Waals surface area (Å²) in [5, 5.41) is 23.4. The van der Waals surface area contributed by atoms with Gasteiger partial charge in [0.25, 0.3) is 0 Å². The summed E-state index contributed by atoms with van der Waals surface area (Å²) in [6.07, 6.45) is -0.844. The largest absolute Gasteiger partial charge is 0.480 e. The quantitative estimate of drug-likeness (QED) is 0.443. The molecule has 0 aliphatic carbocycles. The maximum Gasteiger partial charge on any atom is 0.408 e. The molecule has 2 aromatic rings. The van der Waals surface area contributed by atoms with Gasteiger partial charge in [0.2, 0.25) is 5.91 Å². The van der Waals surface area contributed by atoms with E-state index >= 15 is 0 Å². The molecular weight excluding hydrogens is 416 g/mol. The van der Waals surface area contributed by atoms with Crippen molar-refractivity contribution in [3.8, 4) is 0 Å². The van der Waals surface area contributed by atoms with E-state index in [1.165, 1.54) is 24.3 Å². The van der Waals surface area contributed by atoms with Gasteiger partial charge in [0.05, 0.1) is 5.56 Å².